The molecule has 0 N–H and O–H groups in total. The number of benzene rings is 2. The molecule has 4 aliphatic rings. The standard InChI is InChI=1S/C24H21N3O2/c1-15-16(2)24(17-9-5-3-6-10-17)20-14-13-19(21(15)24)26-22(28)25(23(29)27(20)26)18-11-7-4-8-12-18/h3-14,19-21H,1-2H3/t19-,20-,21+,24+/m0/s1. The predicted molar refractivity (Wildman–Crippen MR) is 111 cm³/mol. The highest BCUT2D eigenvalue weighted by atomic mass is 16.2. The molecule has 2 bridgehead atoms. The summed E-state index contributed by atoms with van der Waals surface area (Å²) in [7, 11) is 0. The Bertz CT molecular complexity index is 1320. The zero-order chi connectivity index (χ0) is 19.9. The number of hydrogen-bond donors (Lipinski definition) is 0. The van der Waals surface area contributed by atoms with Crippen LogP contribution in [0.2, 0.25) is 0 Å². The van der Waals surface area contributed by atoms with Crippen molar-refractivity contribution in [3.63, 3.8) is 0 Å². The number of para-hydroxylation sites is 1. The Balaban J connectivity index is 1.67. The van der Waals surface area contributed by atoms with E-state index in [9.17, 15) is 9.59 Å². The van der Waals surface area contributed by atoms with E-state index in [2.05, 4.69) is 50.3 Å². The maximum Gasteiger partial charge on any atom is 0.352 e. The van der Waals surface area contributed by atoms with E-state index in [1.54, 1.807) is 21.5 Å². The van der Waals surface area contributed by atoms with Crippen LogP contribution in [0.15, 0.2) is 93.6 Å². The first-order chi connectivity index (χ1) is 14.1. The molecule has 2 aromatic carbocycles. The molecular weight excluding hydrogens is 362 g/mol. The lowest BCUT2D eigenvalue weighted by atomic mass is 9.46. The molecular formula is C24H21N3O2. The molecule has 0 amide bonds. The molecule has 144 valence electrons. The van der Waals surface area contributed by atoms with Gasteiger partial charge in [-0.2, -0.15) is 0 Å². The van der Waals surface area contributed by atoms with Gasteiger partial charge in [-0.1, -0.05) is 71.8 Å². The van der Waals surface area contributed by atoms with E-state index in [1.807, 2.05) is 24.3 Å². The Morgan fingerprint density at radius 2 is 1.41 bits per heavy atom. The van der Waals surface area contributed by atoms with Crippen LogP contribution in [0.3, 0.4) is 0 Å². The molecule has 2 aliphatic carbocycles. The summed E-state index contributed by atoms with van der Waals surface area (Å²) in [6.45, 7) is 4.34. The number of allylic oxidation sites excluding steroid dienone is 4. The minimum absolute atomic E-state index is 0.158. The van der Waals surface area contributed by atoms with Gasteiger partial charge in [-0.05, 0) is 31.5 Å². The van der Waals surface area contributed by atoms with E-state index in [-0.39, 0.29) is 34.8 Å². The van der Waals surface area contributed by atoms with E-state index in [1.165, 1.54) is 21.3 Å². The van der Waals surface area contributed by atoms with Gasteiger partial charge in [0.2, 0.25) is 0 Å². The largest absolute Gasteiger partial charge is 0.352 e. The Morgan fingerprint density at radius 3 is 2.10 bits per heavy atom. The molecule has 29 heavy (non-hydrogen) atoms. The van der Waals surface area contributed by atoms with Crippen molar-refractivity contribution in [2.45, 2.75) is 31.3 Å². The topological polar surface area (TPSA) is 48.9 Å². The van der Waals surface area contributed by atoms with Crippen LogP contribution in [-0.4, -0.2) is 13.9 Å². The summed E-state index contributed by atoms with van der Waals surface area (Å²) in [5.41, 5.74) is 3.65. The summed E-state index contributed by atoms with van der Waals surface area (Å²) in [5.74, 6) is 0.184. The highest BCUT2D eigenvalue weighted by Crippen LogP contribution is 2.66. The van der Waals surface area contributed by atoms with Gasteiger partial charge in [-0.25, -0.2) is 23.5 Å². The van der Waals surface area contributed by atoms with Gasteiger partial charge in [-0.3, -0.25) is 0 Å². The average Bonchev–Trinajstić information content (AvgIpc) is 3.05. The molecule has 5 heteroatoms. The first-order valence-corrected chi connectivity index (χ1v) is 10.0. The number of hydrogen-bond acceptors (Lipinski definition) is 2. The third-order valence-corrected chi connectivity index (χ3v) is 7.29. The molecule has 0 saturated carbocycles. The molecule has 3 heterocycles. The lowest BCUT2D eigenvalue weighted by Gasteiger charge is -2.62. The van der Waals surface area contributed by atoms with Crippen LogP contribution in [0.1, 0.15) is 31.5 Å². The predicted octanol–water partition coefficient (Wildman–Crippen LogP) is 3.37. The molecule has 0 saturated heterocycles. The zero-order valence-electron chi connectivity index (χ0n) is 16.3. The second-order valence-corrected chi connectivity index (χ2v) is 8.27. The van der Waals surface area contributed by atoms with Crippen LogP contribution in [0.4, 0.5) is 0 Å². The van der Waals surface area contributed by atoms with Crippen LogP contribution >= 0.6 is 0 Å². The van der Waals surface area contributed by atoms with Crippen LogP contribution in [0.25, 0.3) is 5.69 Å². The summed E-state index contributed by atoms with van der Waals surface area (Å²) in [5, 5.41) is 0. The number of nitrogens with zero attached hydrogens (tertiary/aromatic N) is 3. The molecule has 1 aromatic heterocycles. The SMILES string of the molecule is CC1=C(C)[C@]2(c3ccccc3)[C@H]1[C@@H]1C=C[C@@H]2n2c(=O)n(-c3ccccc3)c(=O)n21. The van der Waals surface area contributed by atoms with Gasteiger partial charge in [-0.15, -0.1) is 0 Å². The lowest BCUT2D eigenvalue weighted by molar-refractivity contribution is 0.0784. The maximum absolute atomic E-state index is 13.5. The molecule has 2 aliphatic heterocycles. The highest BCUT2D eigenvalue weighted by molar-refractivity contribution is 5.56. The Morgan fingerprint density at radius 1 is 0.793 bits per heavy atom. The average molecular weight is 383 g/mol. The van der Waals surface area contributed by atoms with Crippen molar-refractivity contribution >= 4 is 0 Å². The van der Waals surface area contributed by atoms with Gasteiger partial charge >= 0.3 is 11.4 Å². The second kappa shape index (κ2) is 5.38. The first-order valence-electron chi connectivity index (χ1n) is 10.0. The molecule has 5 nitrogen and oxygen atoms in total. The van der Waals surface area contributed by atoms with Crippen molar-refractivity contribution in [3.05, 3.63) is 110 Å². The van der Waals surface area contributed by atoms with E-state index in [0.29, 0.717) is 5.69 Å². The third kappa shape index (κ3) is 1.73. The fourth-order valence-corrected chi connectivity index (χ4v) is 6.04. The van der Waals surface area contributed by atoms with Gasteiger partial charge in [0.1, 0.15) is 0 Å². The molecule has 7 rings (SSSR count). The van der Waals surface area contributed by atoms with E-state index < -0.39 is 0 Å². The van der Waals surface area contributed by atoms with Crippen LogP contribution in [0, 0.1) is 5.92 Å². The van der Waals surface area contributed by atoms with E-state index in [4.69, 9.17) is 0 Å². The van der Waals surface area contributed by atoms with Gasteiger partial charge in [0.15, 0.2) is 0 Å². The zero-order valence-corrected chi connectivity index (χ0v) is 16.3. The fraction of sp³-hybridized carbons (Fsp3) is 0.250. The van der Waals surface area contributed by atoms with Crippen molar-refractivity contribution in [2.24, 2.45) is 5.92 Å². The van der Waals surface area contributed by atoms with Crippen LogP contribution < -0.4 is 11.4 Å². The fourth-order valence-electron chi connectivity index (χ4n) is 6.04. The van der Waals surface area contributed by atoms with Crippen molar-refractivity contribution < 1.29 is 0 Å². The Labute approximate surface area is 167 Å². The molecule has 0 radical (unpaired) electrons. The molecule has 0 fully saturated rings. The van der Waals surface area contributed by atoms with Gasteiger partial charge in [0.05, 0.1) is 23.2 Å². The van der Waals surface area contributed by atoms with Gasteiger partial charge in [0, 0.05) is 5.92 Å². The number of aromatic nitrogens is 3. The lowest BCUT2D eigenvalue weighted by Crippen LogP contribution is -2.63. The molecule has 3 aromatic rings. The molecule has 0 unspecified atom stereocenters. The summed E-state index contributed by atoms with van der Waals surface area (Å²) in [4.78, 5) is 26.9. The quantitative estimate of drug-likeness (QED) is 0.637. The minimum Gasteiger partial charge on any atom is -0.245 e. The number of rotatable bonds is 2. The summed E-state index contributed by atoms with van der Waals surface area (Å²) in [6, 6.07) is 19.3. The normalized spacial score (nSPS) is 28.8. The summed E-state index contributed by atoms with van der Waals surface area (Å²) in [6.07, 6.45) is 4.24. The van der Waals surface area contributed by atoms with Gasteiger partial charge < -0.3 is 0 Å². The Kier molecular flexibility index (Phi) is 3.08. The van der Waals surface area contributed by atoms with E-state index >= 15 is 0 Å². The smallest absolute Gasteiger partial charge is 0.245 e. The maximum atomic E-state index is 13.5. The second-order valence-electron chi connectivity index (χ2n) is 8.27. The van der Waals surface area contributed by atoms with Crippen molar-refractivity contribution in [1.82, 2.24) is 13.9 Å². The van der Waals surface area contributed by atoms with Gasteiger partial charge in [0.25, 0.3) is 0 Å². The monoisotopic (exact) mass is 383 g/mol. The van der Waals surface area contributed by atoms with Crippen LogP contribution in [0.5, 0.6) is 0 Å². The van der Waals surface area contributed by atoms with E-state index in [0.717, 1.165) is 0 Å². The van der Waals surface area contributed by atoms with Crippen molar-refractivity contribution in [1.29, 1.82) is 0 Å². The van der Waals surface area contributed by atoms with Crippen molar-refractivity contribution in [2.75, 3.05) is 0 Å². The van der Waals surface area contributed by atoms with Crippen molar-refractivity contribution in [3.8, 4) is 5.69 Å². The third-order valence-electron chi connectivity index (χ3n) is 7.29. The molecule has 4 atom stereocenters. The molecule has 0 spiro atoms. The Hall–Kier alpha value is -3.34. The summed E-state index contributed by atoms with van der Waals surface area (Å²) >= 11 is 0. The first kappa shape index (κ1) is 16.6. The van der Waals surface area contributed by atoms with Crippen LogP contribution in [-0.2, 0) is 5.41 Å². The highest BCUT2D eigenvalue weighted by Gasteiger charge is 2.64. The summed E-state index contributed by atoms with van der Waals surface area (Å²) < 4.78 is 4.68. The minimum atomic E-state index is -0.274.